The van der Waals surface area contributed by atoms with Crippen LogP contribution in [-0.2, 0) is 0 Å². The van der Waals surface area contributed by atoms with Gasteiger partial charge in [-0.2, -0.15) is 0 Å². The van der Waals surface area contributed by atoms with Crippen LogP contribution in [0.5, 0.6) is 23.0 Å². The average molecular weight is 694 g/mol. The number of hydrogen-bond acceptors (Lipinski definition) is 6. The monoisotopic (exact) mass is 692 g/mol. The number of methoxy groups -OCH3 is 2. The summed E-state index contributed by atoms with van der Waals surface area (Å²) < 4.78 is 23.2. The van der Waals surface area contributed by atoms with Crippen LogP contribution in [0.3, 0.4) is 0 Å². The van der Waals surface area contributed by atoms with Crippen molar-refractivity contribution in [1.29, 1.82) is 0 Å². The zero-order valence-corrected chi connectivity index (χ0v) is 28.1. The minimum absolute atomic E-state index is 0.0398. The van der Waals surface area contributed by atoms with E-state index in [4.69, 9.17) is 65.4 Å². The van der Waals surface area contributed by atoms with Gasteiger partial charge in [0, 0.05) is 5.03 Å². The van der Waals surface area contributed by atoms with Crippen LogP contribution < -0.4 is 18.9 Å². The lowest BCUT2D eigenvalue weighted by Gasteiger charge is -2.20. The minimum atomic E-state index is -0.871. The Hall–Kier alpha value is -2.58. The van der Waals surface area contributed by atoms with Gasteiger partial charge in [0.1, 0.15) is 25.4 Å². The Morgan fingerprint density at radius 3 is 1.80 bits per heavy atom. The standard InChI is InChI=1S/C35H36Cl4O6/c1-42-34-16-22(7-11-32(34)44-18-30(40)24-5-9-26(36)28(38)14-24)20-3-4-21(13-20)23-8-12-33(35(17-23)43-2)45-19-31(41)25-6-10-27(37)29(39)15-25/h5,7-9,11-12,14-17,20-21,30-31,40-41H,3-4,6,10,13,18-19H2,1-2H3. The first-order chi connectivity index (χ1) is 21.7. The van der Waals surface area contributed by atoms with Crippen molar-refractivity contribution < 1.29 is 29.2 Å². The van der Waals surface area contributed by atoms with E-state index >= 15 is 0 Å². The Balaban J connectivity index is 1.19. The first-order valence-electron chi connectivity index (χ1n) is 14.8. The van der Waals surface area contributed by atoms with Gasteiger partial charge in [-0.25, -0.2) is 0 Å². The molecule has 10 heteroatoms. The van der Waals surface area contributed by atoms with Crippen molar-refractivity contribution in [3.63, 3.8) is 0 Å². The van der Waals surface area contributed by atoms with Crippen LogP contribution in [0.15, 0.2) is 76.3 Å². The predicted molar refractivity (Wildman–Crippen MR) is 180 cm³/mol. The fourth-order valence-corrected chi connectivity index (χ4v) is 6.60. The highest BCUT2D eigenvalue weighted by atomic mass is 35.5. The summed E-state index contributed by atoms with van der Waals surface area (Å²) in [5.41, 5.74) is 3.79. The molecule has 3 aromatic rings. The van der Waals surface area contributed by atoms with Gasteiger partial charge in [0.05, 0.1) is 29.3 Å². The molecule has 1 saturated carbocycles. The number of halogens is 4. The van der Waals surface area contributed by atoms with Crippen LogP contribution in [0.2, 0.25) is 10.0 Å². The molecular formula is C35H36Cl4O6. The molecule has 0 aromatic heterocycles. The van der Waals surface area contributed by atoms with E-state index in [2.05, 4.69) is 12.1 Å². The highest BCUT2D eigenvalue weighted by molar-refractivity contribution is 6.42. The molecule has 0 bridgehead atoms. The van der Waals surface area contributed by atoms with Crippen molar-refractivity contribution in [1.82, 2.24) is 0 Å². The Bertz CT molecular complexity index is 1570. The zero-order chi connectivity index (χ0) is 32.1. The van der Waals surface area contributed by atoms with E-state index in [1.54, 1.807) is 38.5 Å². The summed E-state index contributed by atoms with van der Waals surface area (Å²) in [4.78, 5) is 0. The Labute approximate surface area is 284 Å². The van der Waals surface area contributed by atoms with Crippen molar-refractivity contribution in [2.45, 2.75) is 56.1 Å². The molecule has 3 aromatic carbocycles. The van der Waals surface area contributed by atoms with Gasteiger partial charge < -0.3 is 29.2 Å². The molecule has 240 valence electrons. The highest BCUT2D eigenvalue weighted by Gasteiger charge is 2.29. The molecule has 0 saturated heterocycles. The number of rotatable bonds is 12. The van der Waals surface area contributed by atoms with Gasteiger partial charge in [-0.15, -0.1) is 0 Å². The van der Waals surface area contributed by atoms with Crippen LogP contribution in [0.4, 0.5) is 0 Å². The van der Waals surface area contributed by atoms with Crippen molar-refractivity contribution >= 4 is 46.4 Å². The van der Waals surface area contributed by atoms with Crippen molar-refractivity contribution in [2.75, 3.05) is 27.4 Å². The Kier molecular flexibility index (Phi) is 11.5. The molecule has 2 aliphatic rings. The van der Waals surface area contributed by atoms with Gasteiger partial charge in [0.25, 0.3) is 0 Å². The van der Waals surface area contributed by atoms with Gasteiger partial charge in [0.15, 0.2) is 23.0 Å². The molecule has 1 fully saturated rings. The number of aliphatic hydroxyl groups excluding tert-OH is 2. The summed E-state index contributed by atoms with van der Waals surface area (Å²) in [7, 11) is 3.23. The van der Waals surface area contributed by atoms with E-state index in [-0.39, 0.29) is 13.2 Å². The summed E-state index contributed by atoms with van der Waals surface area (Å²) in [5, 5.41) is 23.1. The van der Waals surface area contributed by atoms with Crippen molar-refractivity contribution in [3.8, 4) is 23.0 Å². The van der Waals surface area contributed by atoms with Gasteiger partial charge >= 0.3 is 0 Å². The zero-order valence-electron chi connectivity index (χ0n) is 25.1. The molecule has 0 amide bonds. The number of allylic oxidation sites excluding steroid dienone is 3. The van der Waals surface area contributed by atoms with E-state index in [9.17, 15) is 10.2 Å². The van der Waals surface area contributed by atoms with Crippen LogP contribution in [0.25, 0.3) is 0 Å². The van der Waals surface area contributed by atoms with Crippen LogP contribution in [-0.4, -0.2) is 43.8 Å². The number of aliphatic hydroxyl groups is 2. The molecule has 5 rings (SSSR count). The van der Waals surface area contributed by atoms with Crippen LogP contribution in [0.1, 0.15) is 66.7 Å². The lowest BCUT2D eigenvalue weighted by molar-refractivity contribution is 0.106. The van der Waals surface area contributed by atoms with Crippen molar-refractivity contribution in [2.24, 2.45) is 0 Å². The Morgan fingerprint density at radius 2 is 1.27 bits per heavy atom. The van der Waals surface area contributed by atoms with Gasteiger partial charge in [-0.1, -0.05) is 64.6 Å². The van der Waals surface area contributed by atoms with Crippen molar-refractivity contribution in [3.05, 3.63) is 103 Å². The summed E-state index contributed by atoms with van der Waals surface area (Å²) >= 11 is 24.3. The van der Waals surface area contributed by atoms with Gasteiger partial charge in [0.2, 0.25) is 0 Å². The first-order valence-corrected chi connectivity index (χ1v) is 16.3. The second-order valence-corrected chi connectivity index (χ2v) is 13.0. The average Bonchev–Trinajstić information content (AvgIpc) is 3.55. The summed E-state index contributed by atoms with van der Waals surface area (Å²) in [6, 6.07) is 17.0. The maximum Gasteiger partial charge on any atom is 0.161 e. The molecule has 0 aliphatic heterocycles. The van der Waals surface area contributed by atoms with E-state index in [0.29, 0.717) is 73.3 Å². The largest absolute Gasteiger partial charge is 0.493 e. The molecule has 4 unspecified atom stereocenters. The third-order valence-electron chi connectivity index (χ3n) is 8.51. The maximum atomic E-state index is 10.6. The number of ether oxygens (including phenoxy) is 4. The summed E-state index contributed by atoms with van der Waals surface area (Å²) in [6.45, 7) is 0.128. The highest BCUT2D eigenvalue weighted by Crippen LogP contribution is 2.46. The molecule has 0 radical (unpaired) electrons. The quantitative estimate of drug-likeness (QED) is 0.197. The SMILES string of the molecule is COc1cc(C2CCC(c3ccc(OCC(O)c4ccc(Cl)c(Cl)c4)c(OC)c3)C2)ccc1OCC(O)C1=CC(Cl)=C(Cl)CC1. The fourth-order valence-electron chi connectivity index (χ4n) is 5.91. The third-order valence-corrected chi connectivity index (χ3v) is 10.1. The summed E-state index contributed by atoms with van der Waals surface area (Å²) in [5.74, 6) is 3.10. The predicted octanol–water partition coefficient (Wildman–Crippen LogP) is 9.32. The smallest absolute Gasteiger partial charge is 0.161 e. The second kappa shape index (κ2) is 15.3. The molecule has 0 heterocycles. The third kappa shape index (κ3) is 8.23. The lowest BCUT2D eigenvalue weighted by atomic mass is 9.92. The lowest BCUT2D eigenvalue weighted by Crippen LogP contribution is -2.21. The van der Waals surface area contributed by atoms with Gasteiger partial charge in [-0.3, -0.25) is 0 Å². The second-order valence-electron chi connectivity index (χ2n) is 11.3. The normalized spacial score (nSPS) is 19.6. The van der Waals surface area contributed by atoms with E-state index in [1.165, 1.54) is 11.1 Å². The van der Waals surface area contributed by atoms with E-state index < -0.39 is 12.2 Å². The van der Waals surface area contributed by atoms with E-state index in [1.807, 2.05) is 24.3 Å². The Morgan fingerprint density at radius 1 is 0.689 bits per heavy atom. The fraction of sp³-hybridized carbons (Fsp3) is 0.371. The molecular weight excluding hydrogens is 658 g/mol. The summed E-state index contributed by atoms with van der Waals surface area (Å²) in [6.07, 6.45) is 4.36. The number of benzene rings is 3. The molecule has 2 aliphatic carbocycles. The first kappa shape index (κ1) is 33.8. The topological polar surface area (TPSA) is 77.4 Å². The van der Waals surface area contributed by atoms with Crippen LogP contribution in [0, 0.1) is 0 Å². The molecule has 6 nitrogen and oxygen atoms in total. The molecule has 0 spiro atoms. The van der Waals surface area contributed by atoms with Gasteiger partial charge in [-0.05, 0) is 109 Å². The van der Waals surface area contributed by atoms with E-state index in [0.717, 1.165) is 24.8 Å². The minimum Gasteiger partial charge on any atom is -0.493 e. The molecule has 4 atom stereocenters. The molecule has 45 heavy (non-hydrogen) atoms. The maximum absolute atomic E-state index is 10.6. The molecule has 2 N–H and O–H groups in total. The van der Waals surface area contributed by atoms with Crippen LogP contribution >= 0.6 is 46.4 Å². The number of hydrogen-bond donors (Lipinski definition) is 2.